The molecule has 1 aliphatic carbocycles. The van der Waals surface area contributed by atoms with Gasteiger partial charge in [0.1, 0.15) is 0 Å². The van der Waals surface area contributed by atoms with Crippen molar-refractivity contribution >= 4 is 5.78 Å². The summed E-state index contributed by atoms with van der Waals surface area (Å²) in [6, 6.07) is 8.02. The standard InChI is InChI=1S/C14H16O/c1-9(2)13-8-14(13)12-6-4-11(5-7-12)10(3)15/h4-7,14H,8H2,1-3H3. The van der Waals surface area contributed by atoms with Crippen LogP contribution in [0.5, 0.6) is 0 Å². The molecular formula is C14H16O. The van der Waals surface area contributed by atoms with E-state index in [4.69, 9.17) is 0 Å². The minimum Gasteiger partial charge on any atom is -0.295 e. The minimum absolute atomic E-state index is 0.139. The van der Waals surface area contributed by atoms with Gasteiger partial charge < -0.3 is 0 Å². The van der Waals surface area contributed by atoms with Gasteiger partial charge in [-0.05, 0) is 32.8 Å². The average molecular weight is 200 g/mol. The molecule has 0 saturated heterocycles. The number of allylic oxidation sites excluding steroid dienone is 2. The molecule has 15 heavy (non-hydrogen) atoms. The van der Waals surface area contributed by atoms with Gasteiger partial charge in [0.2, 0.25) is 0 Å². The number of hydrogen-bond donors (Lipinski definition) is 0. The second-order valence-electron chi connectivity index (χ2n) is 4.46. The topological polar surface area (TPSA) is 17.1 Å². The second-order valence-corrected chi connectivity index (χ2v) is 4.46. The fourth-order valence-electron chi connectivity index (χ4n) is 1.98. The molecule has 1 aromatic carbocycles. The molecule has 1 saturated carbocycles. The first-order chi connectivity index (χ1) is 7.09. The largest absolute Gasteiger partial charge is 0.295 e. The molecule has 0 spiro atoms. The van der Waals surface area contributed by atoms with E-state index in [1.54, 1.807) is 12.5 Å². The Hall–Kier alpha value is -1.37. The fraction of sp³-hybridized carbons (Fsp3) is 0.357. The maximum atomic E-state index is 11.1. The van der Waals surface area contributed by atoms with Gasteiger partial charge in [-0.2, -0.15) is 0 Å². The predicted molar refractivity (Wildman–Crippen MR) is 62.2 cm³/mol. The SMILES string of the molecule is CC(=O)c1ccc(C2CC2=C(C)C)cc1. The Balaban J connectivity index is 2.20. The molecule has 0 aliphatic heterocycles. The molecule has 2 rings (SSSR count). The van der Waals surface area contributed by atoms with Crippen LogP contribution in [0.3, 0.4) is 0 Å². The zero-order valence-corrected chi connectivity index (χ0v) is 9.50. The van der Waals surface area contributed by atoms with E-state index in [1.165, 1.54) is 17.6 Å². The third-order valence-electron chi connectivity index (χ3n) is 3.05. The molecule has 0 amide bonds. The van der Waals surface area contributed by atoms with Crippen molar-refractivity contribution in [3.05, 3.63) is 46.5 Å². The van der Waals surface area contributed by atoms with Crippen LogP contribution < -0.4 is 0 Å². The number of carbonyl (C=O) groups excluding carboxylic acids is 1. The van der Waals surface area contributed by atoms with Crippen LogP contribution in [0.1, 0.15) is 49.0 Å². The lowest BCUT2D eigenvalue weighted by atomic mass is 10.1. The lowest BCUT2D eigenvalue weighted by molar-refractivity contribution is 0.101. The first-order valence-corrected chi connectivity index (χ1v) is 5.36. The smallest absolute Gasteiger partial charge is 0.159 e. The van der Waals surface area contributed by atoms with E-state index < -0.39 is 0 Å². The van der Waals surface area contributed by atoms with Crippen molar-refractivity contribution in [2.45, 2.75) is 33.1 Å². The lowest BCUT2D eigenvalue weighted by Gasteiger charge is -1.99. The van der Waals surface area contributed by atoms with Crippen molar-refractivity contribution in [1.82, 2.24) is 0 Å². The van der Waals surface area contributed by atoms with E-state index in [0.717, 1.165) is 5.56 Å². The van der Waals surface area contributed by atoms with Crippen molar-refractivity contribution < 1.29 is 4.79 Å². The highest BCUT2D eigenvalue weighted by atomic mass is 16.1. The summed E-state index contributed by atoms with van der Waals surface area (Å²) < 4.78 is 0. The van der Waals surface area contributed by atoms with Gasteiger partial charge in [0.05, 0.1) is 0 Å². The van der Waals surface area contributed by atoms with Crippen molar-refractivity contribution in [2.24, 2.45) is 0 Å². The highest BCUT2D eigenvalue weighted by Crippen LogP contribution is 2.48. The normalized spacial score (nSPS) is 18.9. The van der Waals surface area contributed by atoms with E-state index in [1.807, 2.05) is 12.1 Å². The van der Waals surface area contributed by atoms with Crippen molar-refractivity contribution in [1.29, 1.82) is 0 Å². The van der Waals surface area contributed by atoms with Gasteiger partial charge in [-0.15, -0.1) is 0 Å². The first-order valence-electron chi connectivity index (χ1n) is 5.36. The van der Waals surface area contributed by atoms with Crippen LogP contribution in [-0.4, -0.2) is 5.78 Å². The van der Waals surface area contributed by atoms with E-state index in [0.29, 0.717) is 5.92 Å². The highest BCUT2D eigenvalue weighted by molar-refractivity contribution is 5.94. The Kier molecular flexibility index (Phi) is 2.47. The van der Waals surface area contributed by atoms with Crippen molar-refractivity contribution in [3.63, 3.8) is 0 Å². The maximum absolute atomic E-state index is 11.1. The lowest BCUT2D eigenvalue weighted by Crippen LogP contribution is -1.91. The molecule has 0 bridgehead atoms. The summed E-state index contributed by atoms with van der Waals surface area (Å²) in [6.45, 7) is 5.94. The van der Waals surface area contributed by atoms with E-state index in [-0.39, 0.29) is 5.78 Å². The minimum atomic E-state index is 0.139. The molecule has 1 aromatic rings. The molecule has 1 fully saturated rings. The number of rotatable bonds is 2. The summed E-state index contributed by atoms with van der Waals surface area (Å²) >= 11 is 0. The van der Waals surface area contributed by atoms with Gasteiger partial charge >= 0.3 is 0 Å². The van der Waals surface area contributed by atoms with Crippen LogP contribution in [0.4, 0.5) is 0 Å². The number of hydrogen-bond acceptors (Lipinski definition) is 1. The Labute approximate surface area is 90.8 Å². The zero-order valence-electron chi connectivity index (χ0n) is 9.50. The third-order valence-corrected chi connectivity index (χ3v) is 3.05. The Morgan fingerprint density at radius 3 is 2.13 bits per heavy atom. The van der Waals surface area contributed by atoms with Crippen LogP contribution in [-0.2, 0) is 0 Å². The summed E-state index contributed by atoms with van der Waals surface area (Å²) in [5, 5.41) is 0. The van der Waals surface area contributed by atoms with Gasteiger partial charge in [-0.3, -0.25) is 4.79 Å². The third kappa shape index (κ3) is 2.01. The molecule has 1 heteroatoms. The molecule has 1 aliphatic rings. The molecule has 1 unspecified atom stereocenters. The molecule has 1 nitrogen and oxygen atoms in total. The molecule has 0 N–H and O–H groups in total. The number of benzene rings is 1. The summed E-state index contributed by atoms with van der Waals surface area (Å²) in [5.41, 5.74) is 5.15. The monoisotopic (exact) mass is 200 g/mol. The molecule has 0 radical (unpaired) electrons. The predicted octanol–water partition coefficient (Wildman–Crippen LogP) is 3.71. The van der Waals surface area contributed by atoms with Gasteiger partial charge in [0.25, 0.3) is 0 Å². The van der Waals surface area contributed by atoms with Gasteiger partial charge in [0, 0.05) is 11.5 Å². The number of Topliss-reactive ketones (excluding diaryl/α,β-unsaturated/α-hetero) is 1. The van der Waals surface area contributed by atoms with Gasteiger partial charge in [0.15, 0.2) is 5.78 Å². The molecule has 0 aromatic heterocycles. The van der Waals surface area contributed by atoms with Crippen LogP contribution in [0.2, 0.25) is 0 Å². The van der Waals surface area contributed by atoms with Gasteiger partial charge in [-0.25, -0.2) is 0 Å². The Bertz CT molecular complexity index is 419. The summed E-state index contributed by atoms with van der Waals surface area (Å²) in [5.74, 6) is 0.760. The van der Waals surface area contributed by atoms with Crippen LogP contribution in [0.15, 0.2) is 35.4 Å². The number of ketones is 1. The summed E-state index contributed by atoms with van der Waals surface area (Å²) in [7, 11) is 0. The van der Waals surface area contributed by atoms with E-state index in [9.17, 15) is 4.79 Å². The molecule has 0 heterocycles. The van der Waals surface area contributed by atoms with Crippen LogP contribution >= 0.6 is 0 Å². The maximum Gasteiger partial charge on any atom is 0.159 e. The van der Waals surface area contributed by atoms with E-state index in [2.05, 4.69) is 26.0 Å². The zero-order chi connectivity index (χ0) is 11.0. The van der Waals surface area contributed by atoms with E-state index >= 15 is 0 Å². The quantitative estimate of drug-likeness (QED) is 0.525. The highest BCUT2D eigenvalue weighted by Gasteiger charge is 2.31. The summed E-state index contributed by atoms with van der Waals surface area (Å²) in [4.78, 5) is 11.1. The molecule has 1 atom stereocenters. The van der Waals surface area contributed by atoms with Gasteiger partial charge in [-0.1, -0.05) is 35.4 Å². The fourth-order valence-corrected chi connectivity index (χ4v) is 1.98. The Morgan fingerprint density at radius 2 is 1.73 bits per heavy atom. The average Bonchev–Trinajstić information content (AvgIpc) is 2.97. The molecule has 78 valence electrons. The van der Waals surface area contributed by atoms with Crippen molar-refractivity contribution in [3.8, 4) is 0 Å². The molecular weight excluding hydrogens is 184 g/mol. The second kappa shape index (κ2) is 3.65. The number of carbonyl (C=O) groups is 1. The summed E-state index contributed by atoms with van der Waals surface area (Å²) in [6.07, 6.45) is 1.20. The van der Waals surface area contributed by atoms with Crippen LogP contribution in [0, 0.1) is 0 Å². The first kappa shape index (κ1) is 10.2. The van der Waals surface area contributed by atoms with Crippen LogP contribution in [0.25, 0.3) is 0 Å². The van der Waals surface area contributed by atoms with Crippen molar-refractivity contribution in [2.75, 3.05) is 0 Å². The Morgan fingerprint density at radius 1 is 1.13 bits per heavy atom.